The van der Waals surface area contributed by atoms with Crippen molar-refractivity contribution < 1.29 is 14.3 Å². The molecule has 0 spiro atoms. The average Bonchev–Trinajstić information content (AvgIpc) is 2.08. The lowest BCUT2D eigenvalue weighted by Gasteiger charge is -2.08. The summed E-state index contributed by atoms with van der Waals surface area (Å²) in [6, 6.07) is 0. The maximum atomic E-state index is 8.95. The predicted molar refractivity (Wildman–Crippen MR) is 37.7 cm³/mol. The van der Waals surface area contributed by atoms with Crippen molar-refractivity contribution in [3.8, 4) is 0 Å². The number of carbonyl (C=O) groups is 1. The third-order valence-corrected chi connectivity index (χ3v) is 1.17. The highest BCUT2D eigenvalue weighted by Gasteiger charge is 1.94. The lowest BCUT2D eigenvalue weighted by Crippen LogP contribution is -2.03. The third kappa shape index (κ3) is 7.43. The molecule has 0 N–H and O–H groups in total. The van der Waals surface area contributed by atoms with Crippen LogP contribution in [0.4, 0.5) is 0 Å². The highest BCUT2D eigenvalue weighted by molar-refractivity contribution is 5.36. The standard InChI is InChI=1S/C5H10O.C2H4O2/c1-2-4-6-5-3-1;1-4-2-3/h1-5H2;2H,1H3. The summed E-state index contributed by atoms with van der Waals surface area (Å²) in [5.74, 6) is 0. The second-order valence-corrected chi connectivity index (χ2v) is 2.00. The normalized spacial score (nSPS) is 16.5. The maximum absolute atomic E-state index is 8.95. The lowest BCUT2D eigenvalue weighted by molar-refractivity contribution is -0.126. The molecule has 0 bridgehead atoms. The maximum Gasteiger partial charge on any atom is 0.292 e. The van der Waals surface area contributed by atoms with Gasteiger partial charge in [-0.3, -0.25) is 4.79 Å². The van der Waals surface area contributed by atoms with E-state index >= 15 is 0 Å². The van der Waals surface area contributed by atoms with Gasteiger partial charge in [0.1, 0.15) is 0 Å². The zero-order valence-electron chi connectivity index (χ0n) is 6.34. The number of methoxy groups -OCH3 is 1. The average molecular weight is 146 g/mol. The Labute approximate surface area is 61.3 Å². The Bertz CT molecular complexity index is 57.7. The minimum absolute atomic E-state index is 0.375. The van der Waals surface area contributed by atoms with Gasteiger partial charge < -0.3 is 9.47 Å². The molecule has 3 heteroatoms. The van der Waals surface area contributed by atoms with Crippen LogP contribution in [0.5, 0.6) is 0 Å². The second kappa shape index (κ2) is 8.43. The Hall–Kier alpha value is -0.570. The van der Waals surface area contributed by atoms with Crippen LogP contribution < -0.4 is 0 Å². The first-order valence-corrected chi connectivity index (χ1v) is 3.46. The summed E-state index contributed by atoms with van der Waals surface area (Å²) in [7, 11) is 1.31. The van der Waals surface area contributed by atoms with E-state index in [1.165, 1.54) is 26.4 Å². The molecule has 0 aromatic heterocycles. The van der Waals surface area contributed by atoms with E-state index in [1.54, 1.807) is 0 Å². The van der Waals surface area contributed by atoms with Crippen LogP contribution >= 0.6 is 0 Å². The minimum atomic E-state index is 0.375. The van der Waals surface area contributed by atoms with E-state index in [9.17, 15) is 0 Å². The molecule has 1 rings (SSSR count). The van der Waals surface area contributed by atoms with Crippen LogP contribution in [0.2, 0.25) is 0 Å². The van der Waals surface area contributed by atoms with Gasteiger partial charge >= 0.3 is 0 Å². The summed E-state index contributed by atoms with van der Waals surface area (Å²) >= 11 is 0. The number of carbonyl (C=O) groups excluding carboxylic acids is 1. The van der Waals surface area contributed by atoms with Crippen molar-refractivity contribution in [1.29, 1.82) is 0 Å². The lowest BCUT2D eigenvalue weighted by atomic mass is 10.2. The van der Waals surface area contributed by atoms with Crippen molar-refractivity contribution >= 4 is 6.47 Å². The SMILES string of the molecule is C1CCOCC1.COC=O. The van der Waals surface area contributed by atoms with Gasteiger partial charge in [0.05, 0.1) is 7.11 Å². The van der Waals surface area contributed by atoms with Crippen molar-refractivity contribution in [1.82, 2.24) is 0 Å². The highest BCUT2D eigenvalue weighted by Crippen LogP contribution is 2.02. The van der Waals surface area contributed by atoms with E-state index in [2.05, 4.69) is 4.74 Å². The van der Waals surface area contributed by atoms with Crippen LogP contribution in [-0.4, -0.2) is 26.8 Å². The molecule has 0 aromatic carbocycles. The molecule has 60 valence electrons. The monoisotopic (exact) mass is 146 g/mol. The molecule has 0 saturated carbocycles. The van der Waals surface area contributed by atoms with E-state index in [-0.39, 0.29) is 0 Å². The van der Waals surface area contributed by atoms with Crippen molar-refractivity contribution in [3.05, 3.63) is 0 Å². The molecule has 1 aliphatic heterocycles. The van der Waals surface area contributed by atoms with Gasteiger partial charge in [0.2, 0.25) is 0 Å². The van der Waals surface area contributed by atoms with Crippen LogP contribution in [0.25, 0.3) is 0 Å². The smallest absolute Gasteiger partial charge is 0.292 e. The van der Waals surface area contributed by atoms with Gasteiger partial charge in [-0.2, -0.15) is 0 Å². The van der Waals surface area contributed by atoms with E-state index < -0.39 is 0 Å². The Kier molecular flexibility index (Phi) is 7.95. The van der Waals surface area contributed by atoms with Crippen LogP contribution in [0, 0.1) is 0 Å². The summed E-state index contributed by atoms with van der Waals surface area (Å²) < 4.78 is 8.93. The van der Waals surface area contributed by atoms with Crippen LogP contribution in [0.3, 0.4) is 0 Å². The molecule has 0 aliphatic carbocycles. The van der Waals surface area contributed by atoms with Crippen LogP contribution in [0.1, 0.15) is 19.3 Å². The fourth-order valence-corrected chi connectivity index (χ4v) is 0.687. The molecule has 0 atom stereocenters. The molecular formula is C7H14O3. The molecule has 1 fully saturated rings. The molecule has 3 nitrogen and oxygen atoms in total. The Morgan fingerprint density at radius 3 is 1.90 bits per heavy atom. The van der Waals surface area contributed by atoms with Crippen molar-refractivity contribution in [2.24, 2.45) is 0 Å². The number of ether oxygens (including phenoxy) is 2. The Morgan fingerprint density at radius 1 is 1.30 bits per heavy atom. The second-order valence-electron chi connectivity index (χ2n) is 2.00. The van der Waals surface area contributed by atoms with Gasteiger partial charge in [-0.1, -0.05) is 0 Å². The van der Waals surface area contributed by atoms with Gasteiger partial charge in [-0.05, 0) is 19.3 Å². The fourth-order valence-electron chi connectivity index (χ4n) is 0.687. The summed E-state index contributed by atoms with van der Waals surface area (Å²) in [6.07, 6.45) is 3.93. The number of rotatable bonds is 1. The summed E-state index contributed by atoms with van der Waals surface area (Å²) in [6.45, 7) is 2.38. The molecule has 10 heavy (non-hydrogen) atoms. The molecular weight excluding hydrogens is 132 g/mol. The van der Waals surface area contributed by atoms with Crippen LogP contribution in [-0.2, 0) is 14.3 Å². The number of hydrogen-bond donors (Lipinski definition) is 0. The quantitative estimate of drug-likeness (QED) is 0.517. The first-order chi connectivity index (χ1) is 4.91. The summed E-state index contributed by atoms with van der Waals surface area (Å²) in [5, 5.41) is 0. The van der Waals surface area contributed by atoms with Crippen molar-refractivity contribution in [2.75, 3.05) is 20.3 Å². The summed E-state index contributed by atoms with van der Waals surface area (Å²) in [4.78, 5) is 8.95. The van der Waals surface area contributed by atoms with Gasteiger partial charge in [0, 0.05) is 13.2 Å². The minimum Gasteiger partial charge on any atom is -0.471 e. The highest BCUT2D eigenvalue weighted by atomic mass is 16.5. The molecule has 0 amide bonds. The van der Waals surface area contributed by atoms with Crippen molar-refractivity contribution in [3.63, 3.8) is 0 Å². The fraction of sp³-hybridized carbons (Fsp3) is 0.857. The Balaban J connectivity index is 0.000000180. The largest absolute Gasteiger partial charge is 0.471 e. The third-order valence-electron chi connectivity index (χ3n) is 1.17. The molecule has 0 radical (unpaired) electrons. The van der Waals surface area contributed by atoms with Crippen LogP contribution in [0.15, 0.2) is 0 Å². The van der Waals surface area contributed by atoms with E-state index in [0.717, 1.165) is 13.2 Å². The van der Waals surface area contributed by atoms with E-state index in [4.69, 9.17) is 9.53 Å². The molecule has 0 unspecified atom stereocenters. The van der Waals surface area contributed by atoms with Gasteiger partial charge in [0.25, 0.3) is 6.47 Å². The van der Waals surface area contributed by atoms with E-state index in [0.29, 0.717) is 6.47 Å². The molecule has 1 heterocycles. The van der Waals surface area contributed by atoms with Crippen molar-refractivity contribution in [2.45, 2.75) is 19.3 Å². The Morgan fingerprint density at radius 2 is 1.80 bits per heavy atom. The van der Waals surface area contributed by atoms with E-state index in [1.807, 2.05) is 0 Å². The van der Waals surface area contributed by atoms with Gasteiger partial charge in [0.15, 0.2) is 0 Å². The molecule has 0 aromatic rings. The first-order valence-electron chi connectivity index (χ1n) is 3.46. The number of hydrogen-bond acceptors (Lipinski definition) is 3. The topological polar surface area (TPSA) is 35.5 Å². The van der Waals surface area contributed by atoms with Gasteiger partial charge in [-0.15, -0.1) is 0 Å². The zero-order chi connectivity index (χ0) is 7.66. The predicted octanol–water partition coefficient (Wildman–Crippen LogP) is 0.976. The summed E-state index contributed by atoms with van der Waals surface area (Å²) in [5.41, 5.74) is 0. The van der Waals surface area contributed by atoms with Gasteiger partial charge in [-0.25, -0.2) is 0 Å². The first kappa shape index (κ1) is 9.43. The zero-order valence-corrected chi connectivity index (χ0v) is 6.34. The molecule has 1 aliphatic rings. The molecule has 1 saturated heterocycles.